The number of nitrogens with one attached hydrogen (secondary N) is 1. The minimum atomic E-state index is -1.11. The van der Waals surface area contributed by atoms with E-state index in [2.05, 4.69) is 10.4 Å². The monoisotopic (exact) mass is 317 g/mol. The Balaban J connectivity index is 1.78. The highest BCUT2D eigenvalue weighted by Crippen LogP contribution is 2.41. The molecule has 0 atom stereocenters. The van der Waals surface area contributed by atoms with Gasteiger partial charge in [0.2, 0.25) is 0 Å². The maximum absolute atomic E-state index is 13.9. The standard InChI is InChI=1S/C16H16FN3O3/c1-20-15(9-2-3-9)12(8-18-20)16(23)19-11-5-4-10(6-14(21)22)13(17)7-11/h4-5,7-9H,2-3,6H2,1H3,(H,19,23)(H,21,22). The van der Waals surface area contributed by atoms with Crippen molar-refractivity contribution in [2.24, 2.45) is 7.05 Å². The predicted octanol–water partition coefficient (Wildman–Crippen LogP) is 2.32. The van der Waals surface area contributed by atoms with Crippen LogP contribution in [0.2, 0.25) is 0 Å². The Morgan fingerprint density at radius 2 is 2.17 bits per heavy atom. The van der Waals surface area contributed by atoms with E-state index in [0.717, 1.165) is 24.6 Å². The van der Waals surface area contributed by atoms with E-state index in [4.69, 9.17) is 5.11 Å². The van der Waals surface area contributed by atoms with E-state index in [1.165, 1.54) is 18.3 Å². The number of aliphatic carboxylic acids is 1. The van der Waals surface area contributed by atoms with E-state index in [1.807, 2.05) is 0 Å². The first-order valence-electron chi connectivity index (χ1n) is 7.29. The molecule has 3 rings (SSSR count). The topological polar surface area (TPSA) is 84.2 Å². The molecule has 1 aliphatic rings. The first-order valence-corrected chi connectivity index (χ1v) is 7.29. The van der Waals surface area contributed by atoms with Crippen molar-refractivity contribution < 1.29 is 19.1 Å². The number of carboxylic acids is 1. The Morgan fingerprint density at radius 1 is 1.43 bits per heavy atom. The van der Waals surface area contributed by atoms with Gasteiger partial charge >= 0.3 is 5.97 Å². The zero-order valence-electron chi connectivity index (χ0n) is 12.5. The van der Waals surface area contributed by atoms with Gasteiger partial charge < -0.3 is 10.4 Å². The molecule has 7 heteroatoms. The summed E-state index contributed by atoms with van der Waals surface area (Å²) in [6, 6.07) is 3.99. The maximum atomic E-state index is 13.9. The highest BCUT2D eigenvalue weighted by atomic mass is 19.1. The van der Waals surface area contributed by atoms with E-state index in [9.17, 15) is 14.0 Å². The van der Waals surface area contributed by atoms with Crippen LogP contribution in [0.1, 0.15) is 40.4 Å². The molecule has 2 N–H and O–H groups in total. The van der Waals surface area contributed by atoms with Crippen LogP contribution in [-0.4, -0.2) is 26.8 Å². The Bertz CT molecular complexity index is 781. The molecular formula is C16H16FN3O3. The number of carbonyl (C=O) groups is 2. The van der Waals surface area contributed by atoms with Gasteiger partial charge in [-0.3, -0.25) is 14.3 Å². The smallest absolute Gasteiger partial charge is 0.307 e. The van der Waals surface area contributed by atoms with Crippen LogP contribution in [0.25, 0.3) is 0 Å². The fraction of sp³-hybridized carbons (Fsp3) is 0.312. The lowest BCUT2D eigenvalue weighted by molar-refractivity contribution is -0.136. The van der Waals surface area contributed by atoms with Crippen molar-refractivity contribution in [1.82, 2.24) is 9.78 Å². The van der Waals surface area contributed by atoms with Gasteiger partial charge in [0.05, 0.1) is 23.9 Å². The summed E-state index contributed by atoms with van der Waals surface area (Å²) in [7, 11) is 1.80. The van der Waals surface area contributed by atoms with Crippen LogP contribution in [0.4, 0.5) is 10.1 Å². The quantitative estimate of drug-likeness (QED) is 0.886. The third-order valence-electron chi connectivity index (χ3n) is 3.85. The van der Waals surface area contributed by atoms with Gasteiger partial charge in [-0.2, -0.15) is 5.10 Å². The van der Waals surface area contributed by atoms with E-state index >= 15 is 0 Å². The molecule has 1 fully saturated rings. The summed E-state index contributed by atoms with van der Waals surface area (Å²) in [5.41, 5.74) is 1.75. The van der Waals surface area contributed by atoms with Gasteiger partial charge in [0.25, 0.3) is 5.91 Å². The van der Waals surface area contributed by atoms with Crippen LogP contribution in [0.3, 0.4) is 0 Å². The van der Waals surface area contributed by atoms with Gasteiger partial charge in [-0.05, 0) is 30.5 Å². The molecule has 1 aliphatic carbocycles. The largest absolute Gasteiger partial charge is 0.481 e. The number of aryl methyl sites for hydroxylation is 1. The van der Waals surface area contributed by atoms with Crippen molar-refractivity contribution in [2.45, 2.75) is 25.2 Å². The van der Waals surface area contributed by atoms with Crippen LogP contribution in [0.15, 0.2) is 24.4 Å². The Hall–Kier alpha value is -2.70. The first kappa shape index (κ1) is 15.2. The third kappa shape index (κ3) is 3.23. The number of nitrogens with zero attached hydrogens (tertiary/aromatic N) is 2. The number of aromatic nitrogens is 2. The number of benzene rings is 1. The zero-order valence-corrected chi connectivity index (χ0v) is 12.5. The molecule has 1 heterocycles. The summed E-state index contributed by atoms with van der Waals surface area (Å²) in [6.07, 6.45) is 3.20. The minimum absolute atomic E-state index is 0.0792. The summed E-state index contributed by atoms with van der Waals surface area (Å²) in [6.45, 7) is 0. The predicted molar refractivity (Wildman–Crippen MR) is 80.9 cm³/mol. The van der Waals surface area contributed by atoms with E-state index in [0.29, 0.717) is 11.5 Å². The minimum Gasteiger partial charge on any atom is -0.481 e. The lowest BCUT2D eigenvalue weighted by Crippen LogP contribution is -2.14. The highest BCUT2D eigenvalue weighted by Gasteiger charge is 2.31. The summed E-state index contributed by atoms with van der Waals surface area (Å²) in [4.78, 5) is 23.0. The molecule has 6 nitrogen and oxygen atoms in total. The van der Waals surface area contributed by atoms with Gasteiger partial charge in [-0.25, -0.2) is 4.39 Å². The average molecular weight is 317 g/mol. The second kappa shape index (κ2) is 5.83. The molecule has 0 unspecified atom stereocenters. The fourth-order valence-electron chi connectivity index (χ4n) is 2.59. The SMILES string of the molecule is Cn1ncc(C(=O)Nc2ccc(CC(=O)O)c(F)c2)c1C1CC1. The van der Waals surface area contributed by atoms with Gasteiger partial charge in [0.15, 0.2) is 0 Å². The van der Waals surface area contributed by atoms with Crippen molar-refractivity contribution >= 4 is 17.6 Å². The maximum Gasteiger partial charge on any atom is 0.307 e. The van der Waals surface area contributed by atoms with Gasteiger partial charge in [-0.1, -0.05) is 6.07 Å². The molecule has 0 saturated heterocycles. The number of anilines is 1. The number of carbonyl (C=O) groups excluding carboxylic acids is 1. The second-order valence-electron chi connectivity index (χ2n) is 5.67. The Morgan fingerprint density at radius 3 is 2.78 bits per heavy atom. The lowest BCUT2D eigenvalue weighted by atomic mass is 10.1. The first-order chi connectivity index (χ1) is 11.0. The second-order valence-corrected chi connectivity index (χ2v) is 5.67. The molecule has 1 amide bonds. The molecule has 1 aromatic carbocycles. The number of hydrogen-bond donors (Lipinski definition) is 2. The molecule has 0 aliphatic heterocycles. The van der Waals surface area contributed by atoms with E-state index in [-0.39, 0.29) is 17.2 Å². The summed E-state index contributed by atoms with van der Waals surface area (Å²) < 4.78 is 15.6. The molecular weight excluding hydrogens is 301 g/mol. The summed E-state index contributed by atoms with van der Waals surface area (Å²) in [5, 5.41) is 15.5. The van der Waals surface area contributed by atoms with Crippen LogP contribution in [-0.2, 0) is 18.3 Å². The fourth-order valence-corrected chi connectivity index (χ4v) is 2.59. The number of rotatable bonds is 5. The highest BCUT2D eigenvalue weighted by molar-refractivity contribution is 6.05. The zero-order chi connectivity index (χ0) is 16.6. The summed E-state index contributed by atoms with van der Waals surface area (Å²) >= 11 is 0. The molecule has 1 saturated carbocycles. The lowest BCUT2D eigenvalue weighted by Gasteiger charge is -2.08. The van der Waals surface area contributed by atoms with Gasteiger partial charge in [0.1, 0.15) is 5.82 Å². The van der Waals surface area contributed by atoms with Crippen LogP contribution in [0, 0.1) is 5.82 Å². The van der Waals surface area contributed by atoms with Gasteiger partial charge in [0, 0.05) is 18.7 Å². The normalized spacial score (nSPS) is 13.8. The van der Waals surface area contributed by atoms with Crippen molar-refractivity contribution in [3.63, 3.8) is 0 Å². The Labute approximate surface area is 131 Å². The molecule has 1 aromatic heterocycles. The molecule has 23 heavy (non-hydrogen) atoms. The molecule has 120 valence electrons. The van der Waals surface area contributed by atoms with Crippen LogP contribution in [0.5, 0.6) is 0 Å². The van der Waals surface area contributed by atoms with Crippen molar-refractivity contribution in [3.8, 4) is 0 Å². The van der Waals surface area contributed by atoms with Crippen molar-refractivity contribution in [2.75, 3.05) is 5.32 Å². The molecule has 0 bridgehead atoms. The van der Waals surface area contributed by atoms with Gasteiger partial charge in [-0.15, -0.1) is 0 Å². The number of halogens is 1. The number of amides is 1. The number of carboxylic acid groups (broad SMARTS) is 1. The average Bonchev–Trinajstić information content (AvgIpc) is 3.24. The van der Waals surface area contributed by atoms with E-state index < -0.39 is 18.2 Å². The van der Waals surface area contributed by atoms with Crippen molar-refractivity contribution in [3.05, 3.63) is 47.0 Å². The van der Waals surface area contributed by atoms with Crippen LogP contribution < -0.4 is 5.32 Å². The van der Waals surface area contributed by atoms with Crippen LogP contribution >= 0.6 is 0 Å². The molecule has 0 radical (unpaired) electrons. The summed E-state index contributed by atoms with van der Waals surface area (Å²) in [5.74, 6) is -1.74. The van der Waals surface area contributed by atoms with E-state index in [1.54, 1.807) is 11.7 Å². The Kier molecular flexibility index (Phi) is 3.85. The van der Waals surface area contributed by atoms with Crippen molar-refractivity contribution in [1.29, 1.82) is 0 Å². The number of hydrogen-bond acceptors (Lipinski definition) is 3. The third-order valence-corrected chi connectivity index (χ3v) is 3.85. The molecule has 2 aromatic rings. The molecule has 0 spiro atoms.